The molecule has 2 aliphatic heterocycles. The summed E-state index contributed by atoms with van der Waals surface area (Å²) in [7, 11) is 0. The van der Waals surface area contributed by atoms with E-state index in [1.54, 1.807) is 6.92 Å². The number of rotatable bonds is 8. The molecule has 3 N–H and O–H groups in total. The molecule has 0 saturated carbocycles. The molecule has 0 bridgehead atoms. The Kier molecular flexibility index (Phi) is 7.39. The zero-order chi connectivity index (χ0) is 24.3. The average molecular weight is 478 g/mol. The van der Waals surface area contributed by atoms with Crippen molar-refractivity contribution in [2.45, 2.75) is 31.4 Å². The van der Waals surface area contributed by atoms with Crippen LogP contribution in [-0.2, 0) is 28.7 Å². The fraction of sp³-hybridized carbons (Fsp3) is 0.381. The van der Waals surface area contributed by atoms with Crippen molar-refractivity contribution < 1.29 is 43.7 Å². The molecule has 2 aliphatic rings. The van der Waals surface area contributed by atoms with E-state index in [9.17, 15) is 34.2 Å². The van der Waals surface area contributed by atoms with Crippen LogP contribution in [0.15, 0.2) is 35.5 Å². The van der Waals surface area contributed by atoms with Gasteiger partial charge in [0.1, 0.15) is 23.7 Å². The average Bonchev–Trinajstić information content (AvgIpc) is 2.79. The predicted molar refractivity (Wildman–Crippen MR) is 114 cm³/mol. The van der Waals surface area contributed by atoms with Crippen molar-refractivity contribution in [1.29, 1.82) is 0 Å². The van der Waals surface area contributed by atoms with Crippen LogP contribution in [0.25, 0.3) is 0 Å². The highest BCUT2D eigenvalue weighted by Gasteiger charge is 2.54. The number of hydrogen-bond acceptors (Lipinski definition) is 9. The number of aliphatic carboxylic acids is 1. The first-order valence-electron chi connectivity index (χ1n) is 9.94. The van der Waals surface area contributed by atoms with E-state index in [0.29, 0.717) is 0 Å². The minimum Gasteiger partial charge on any atom is -0.477 e. The molecule has 1 aromatic carbocycles. The van der Waals surface area contributed by atoms with Crippen LogP contribution >= 0.6 is 11.8 Å². The molecular formula is C21H22N2O9S. The van der Waals surface area contributed by atoms with Gasteiger partial charge >= 0.3 is 17.9 Å². The van der Waals surface area contributed by atoms with Crippen LogP contribution in [0.3, 0.4) is 0 Å². The number of carbonyl (C=O) groups excluding carboxylic acids is 4. The Hall–Kier alpha value is -3.38. The fourth-order valence-electron chi connectivity index (χ4n) is 3.38. The number of esters is 2. The lowest BCUT2D eigenvalue weighted by Gasteiger charge is -2.49. The van der Waals surface area contributed by atoms with Gasteiger partial charge in [-0.3, -0.25) is 19.3 Å². The van der Waals surface area contributed by atoms with Crippen molar-refractivity contribution in [1.82, 2.24) is 10.2 Å². The van der Waals surface area contributed by atoms with E-state index in [2.05, 4.69) is 5.32 Å². The highest BCUT2D eigenvalue weighted by molar-refractivity contribution is 8.00. The number of carboxylic acids is 1. The first-order chi connectivity index (χ1) is 15.6. The van der Waals surface area contributed by atoms with Crippen molar-refractivity contribution in [3.63, 3.8) is 0 Å². The first-order valence-corrected chi connectivity index (χ1v) is 11.0. The number of carbonyl (C=O) groups is 5. The first kappa shape index (κ1) is 24.3. The van der Waals surface area contributed by atoms with E-state index in [4.69, 9.17) is 9.47 Å². The smallest absolute Gasteiger partial charge is 0.352 e. The van der Waals surface area contributed by atoms with E-state index in [-0.39, 0.29) is 41.4 Å². The van der Waals surface area contributed by atoms with Crippen LogP contribution in [-0.4, -0.2) is 75.2 Å². The number of β-lactam (4-membered cyclic amide) rings is 1. The molecule has 3 rings (SSSR count). The number of ether oxygens (including phenoxy) is 2. The number of nitrogens with one attached hydrogen (secondary N) is 1. The van der Waals surface area contributed by atoms with Gasteiger partial charge in [-0.25, -0.2) is 9.59 Å². The number of thioether (sulfide) groups is 1. The molecule has 2 heterocycles. The van der Waals surface area contributed by atoms with Crippen molar-refractivity contribution in [3.05, 3.63) is 46.7 Å². The van der Waals surface area contributed by atoms with Crippen molar-refractivity contribution in [2.75, 3.05) is 19.0 Å². The van der Waals surface area contributed by atoms with Gasteiger partial charge in [-0.05, 0) is 24.6 Å². The molecule has 0 radical (unpaired) electrons. The van der Waals surface area contributed by atoms with Crippen LogP contribution in [0.1, 0.15) is 35.9 Å². The molecule has 1 aromatic rings. The van der Waals surface area contributed by atoms with Gasteiger partial charge in [-0.1, -0.05) is 12.1 Å². The van der Waals surface area contributed by atoms with Crippen LogP contribution < -0.4 is 5.32 Å². The number of fused-ring (bicyclic) bond motifs is 1. The van der Waals surface area contributed by atoms with Gasteiger partial charge in [-0.15, -0.1) is 11.8 Å². The quantitative estimate of drug-likeness (QED) is 0.348. The molecule has 3 atom stereocenters. The highest BCUT2D eigenvalue weighted by Crippen LogP contribution is 2.40. The normalized spacial score (nSPS) is 20.3. The summed E-state index contributed by atoms with van der Waals surface area (Å²) in [5, 5.41) is 21.7. The van der Waals surface area contributed by atoms with Crippen LogP contribution in [0.5, 0.6) is 0 Å². The molecule has 176 valence electrons. The predicted octanol–water partition coefficient (Wildman–Crippen LogP) is 0.198. The Morgan fingerprint density at radius 1 is 1.21 bits per heavy atom. The minimum absolute atomic E-state index is 0.188. The summed E-state index contributed by atoms with van der Waals surface area (Å²) in [4.78, 5) is 60.7. The zero-order valence-electron chi connectivity index (χ0n) is 17.8. The van der Waals surface area contributed by atoms with Crippen LogP contribution in [0.4, 0.5) is 0 Å². The minimum atomic E-state index is -1.61. The molecule has 1 saturated heterocycles. The lowest BCUT2D eigenvalue weighted by atomic mass is 10.0. The van der Waals surface area contributed by atoms with E-state index in [1.165, 1.54) is 43.0 Å². The van der Waals surface area contributed by atoms with E-state index in [1.807, 2.05) is 0 Å². The van der Waals surface area contributed by atoms with Crippen molar-refractivity contribution >= 4 is 41.5 Å². The number of hydrogen-bond donors (Lipinski definition) is 3. The molecule has 0 aliphatic carbocycles. The van der Waals surface area contributed by atoms with Gasteiger partial charge < -0.3 is 25.0 Å². The largest absolute Gasteiger partial charge is 0.477 e. The van der Waals surface area contributed by atoms with Gasteiger partial charge in [0, 0.05) is 18.2 Å². The number of nitrogens with zero attached hydrogens (tertiary/aromatic N) is 1. The molecule has 11 nitrogen and oxygen atoms in total. The summed E-state index contributed by atoms with van der Waals surface area (Å²) >= 11 is 1.21. The Morgan fingerprint density at radius 3 is 2.45 bits per heavy atom. The van der Waals surface area contributed by atoms with Gasteiger partial charge in [0.15, 0.2) is 6.10 Å². The van der Waals surface area contributed by atoms with Gasteiger partial charge in [-0.2, -0.15) is 0 Å². The Balaban J connectivity index is 1.67. The maximum Gasteiger partial charge on any atom is 0.352 e. The summed E-state index contributed by atoms with van der Waals surface area (Å²) in [6.45, 7) is 2.82. The number of aliphatic hydroxyl groups excluding tert-OH is 1. The molecule has 2 amide bonds. The standard InChI is InChI=1S/C21H22N2O9S/c1-3-31-21(30)12-6-4-11(5-7-12)16(25)17(26)22-14-18(27)23-15(20(28)29)13(8-32-10(2)24)9-33-19(14)23/h4-7,14,16,19,25H,3,8-9H2,1-2H3,(H,22,26)(H,28,29)/t14?,16?,19-/m1/s1. The highest BCUT2D eigenvalue weighted by atomic mass is 32.2. The number of benzene rings is 1. The monoisotopic (exact) mass is 478 g/mol. The van der Waals surface area contributed by atoms with Crippen molar-refractivity contribution in [3.8, 4) is 0 Å². The van der Waals surface area contributed by atoms with Crippen molar-refractivity contribution in [2.24, 2.45) is 0 Å². The summed E-state index contributed by atoms with van der Waals surface area (Å²) in [5.41, 5.74) is 0.467. The summed E-state index contributed by atoms with van der Waals surface area (Å²) in [5.74, 6) is -3.76. The van der Waals surface area contributed by atoms with Crippen LogP contribution in [0.2, 0.25) is 0 Å². The van der Waals surface area contributed by atoms with Gasteiger partial charge in [0.05, 0.1) is 12.2 Å². The third kappa shape index (κ3) is 5.01. The molecule has 1 fully saturated rings. The Bertz CT molecular complexity index is 1020. The summed E-state index contributed by atoms with van der Waals surface area (Å²) in [6, 6.07) is 4.58. The molecule has 33 heavy (non-hydrogen) atoms. The number of amides is 2. The Morgan fingerprint density at radius 2 is 1.88 bits per heavy atom. The maximum atomic E-state index is 12.6. The lowest BCUT2D eigenvalue weighted by Crippen LogP contribution is -2.71. The SMILES string of the molecule is CCOC(=O)c1ccc(C(O)C(=O)NC2C(=O)N3C(C(=O)O)=C(COC(C)=O)CS[C@H]23)cc1. The number of carboxylic acid groups (broad SMARTS) is 1. The third-order valence-corrected chi connectivity index (χ3v) is 6.32. The van der Waals surface area contributed by atoms with E-state index >= 15 is 0 Å². The van der Waals surface area contributed by atoms with E-state index in [0.717, 1.165) is 4.90 Å². The second-order valence-corrected chi connectivity index (χ2v) is 8.28. The summed E-state index contributed by atoms with van der Waals surface area (Å²) < 4.78 is 9.75. The molecule has 0 spiro atoms. The fourth-order valence-corrected chi connectivity index (χ4v) is 4.71. The summed E-state index contributed by atoms with van der Waals surface area (Å²) in [6.07, 6.45) is -1.61. The number of aliphatic hydroxyl groups is 1. The Labute approximate surface area is 192 Å². The molecule has 0 aromatic heterocycles. The van der Waals surface area contributed by atoms with Crippen LogP contribution in [0, 0.1) is 0 Å². The van der Waals surface area contributed by atoms with E-state index < -0.39 is 47.2 Å². The maximum absolute atomic E-state index is 12.6. The second kappa shape index (κ2) is 10.0. The molecule has 2 unspecified atom stereocenters. The van der Waals surface area contributed by atoms with Gasteiger partial charge in [0.2, 0.25) is 0 Å². The molecule has 12 heteroatoms. The van der Waals surface area contributed by atoms with Gasteiger partial charge in [0.25, 0.3) is 11.8 Å². The topological polar surface area (TPSA) is 160 Å². The second-order valence-electron chi connectivity index (χ2n) is 7.18. The lowest BCUT2D eigenvalue weighted by molar-refractivity contribution is -0.152. The third-order valence-electron chi connectivity index (χ3n) is 4.98. The zero-order valence-corrected chi connectivity index (χ0v) is 18.6. The molecular weight excluding hydrogens is 456 g/mol.